The number of piperidine rings is 1. The SMILES string of the molecule is COc1ccc(-c2nnc(NC(=O)C3CCN(S(=O)(=O)c4cccs4)CC3)s2)cc1. The van der Waals surface area contributed by atoms with Crippen LogP contribution in [0.2, 0.25) is 0 Å². The van der Waals surface area contributed by atoms with Crippen molar-refractivity contribution in [3.63, 3.8) is 0 Å². The Morgan fingerprint density at radius 3 is 2.53 bits per heavy atom. The average Bonchev–Trinajstić information content (AvgIpc) is 3.47. The number of benzene rings is 1. The molecule has 30 heavy (non-hydrogen) atoms. The maximum Gasteiger partial charge on any atom is 0.252 e. The van der Waals surface area contributed by atoms with E-state index in [9.17, 15) is 13.2 Å². The van der Waals surface area contributed by atoms with E-state index in [1.165, 1.54) is 27.0 Å². The number of nitrogens with one attached hydrogen (secondary N) is 1. The number of anilines is 1. The number of methoxy groups -OCH3 is 1. The number of thiophene rings is 1. The number of carbonyl (C=O) groups is 1. The minimum atomic E-state index is -3.47. The van der Waals surface area contributed by atoms with Crippen LogP contribution in [-0.2, 0) is 14.8 Å². The molecule has 8 nitrogen and oxygen atoms in total. The molecule has 2 aromatic heterocycles. The van der Waals surface area contributed by atoms with Crippen LogP contribution in [-0.4, -0.2) is 49.0 Å². The highest BCUT2D eigenvalue weighted by atomic mass is 32.2. The summed E-state index contributed by atoms with van der Waals surface area (Å²) in [5, 5.41) is 13.9. The molecule has 158 valence electrons. The summed E-state index contributed by atoms with van der Waals surface area (Å²) >= 11 is 2.50. The van der Waals surface area contributed by atoms with Crippen LogP contribution < -0.4 is 10.1 Å². The van der Waals surface area contributed by atoms with Gasteiger partial charge in [-0.1, -0.05) is 17.4 Å². The number of sulfonamides is 1. The summed E-state index contributed by atoms with van der Waals surface area (Å²) in [4.78, 5) is 12.6. The lowest BCUT2D eigenvalue weighted by molar-refractivity contribution is -0.120. The van der Waals surface area contributed by atoms with Crippen LogP contribution in [0.3, 0.4) is 0 Å². The molecule has 1 saturated heterocycles. The second-order valence-corrected chi connectivity index (χ2v) is 10.8. The molecule has 0 spiro atoms. The molecule has 3 heterocycles. The Kier molecular flexibility index (Phi) is 6.14. The van der Waals surface area contributed by atoms with Gasteiger partial charge >= 0.3 is 0 Å². The fourth-order valence-corrected chi connectivity index (χ4v) is 6.59. The Hall–Kier alpha value is -2.34. The molecule has 1 aliphatic rings. The summed E-state index contributed by atoms with van der Waals surface area (Å²) in [6.07, 6.45) is 0.946. The number of ether oxygens (including phenoxy) is 1. The third-order valence-electron chi connectivity index (χ3n) is 4.91. The first-order valence-corrected chi connectivity index (χ1v) is 12.4. The molecule has 1 fully saturated rings. The van der Waals surface area contributed by atoms with Gasteiger partial charge in [0.05, 0.1) is 7.11 Å². The second-order valence-electron chi connectivity index (χ2n) is 6.74. The Labute approximate surface area is 182 Å². The predicted octanol–water partition coefficient (Wildman–Crippen LogP) is 3.31. The molecule has 1 aromatic carbocycles. The number of hydrogen-bond donors (Lipinski definition) is 1. The van der Waals surface area contributed by atoms with Crippen LogP contribution in [0.1, 0.15) is 12.8 Å². The topological polar surface area (TPSA) is 101 Å². The molecule has 4 rings (SSSR count). The van der Waals surface area contributed by atoms with E-state index in [0.29, 0.717) is 40.3 Å². The molecule has 0 saturated carbocycles. The zero-order valence-corrected chi connectivity index (χ0v) is 18.6. The summed E-state index contributed by atoms with van der Waals surface area (Å²) < 4.78 is 32.2. The lowest BCUT2D eigenvalue weighted by Gasteiger charge is -2.29. The Balaban J connectivity index is 1.35. The van der Waals surface area contributed by atoms with Gasteiger partial charge in [-0.05, 0) is 48.6 Å². The van der Waals surface area contributed by atoms with Crippen molar-refractivity contribution in [2.45, 2.75) is 17.1 Å². The third-order valence-corrected chi connectivity index (χ3v) is 9.07. The largest absolute Gasteiger partial charge is 0.497 e. The van der Waals surface area contributed by atoms with E-state index in [1.807, 2.05) is 24.3 Å². The zero-order valence-electron chi connectivity index (χ0n) is 16.1. The summed E-state index contributed by atoms with van der Waals surface area (Å²) in [6.45, 7) is 0.650. The minimum Gasteiger partial charge on any atom is -0.497 e. The van der Waals surface area contributed by atoms with Crippen LogP contribution in [0, 0.1) is 5.92 Å². The fourth-order valence-electron chi connectivity index (χ4n) is 3.23. The van der Waals surface area contributed by atoms with Gasteiger partial charge in [0, 0.05) is 24.6 Å². The first kappa shape index (κ1) is 20.9. The summed E-state index contributed by atoms with van der Waals surface area (Å²) in [5.41, 5.74) is 0.890. The fraction of sp³-hybridized carbons (Fsp3) is 0.316. The van der Waals surface area contributed by atoms with E-state index in [-0.39, 0.29) is 11.8 Å². The van der Waals surface area contributed by atoms with E-state index >= 15 is 0 Å². The monoisotopic (exact) mass is 464 g/mol. The van der Waals surface area contributed by atoms with Crippen LogP contribution in [0.4, 0.5) is 5.13 Å². The quantitative estimate of drug-likeness (QED) is 0.601. The maximum absolute atomic E-state index is 12.6. The third kappa shape index (κ3) is 4.38. The molecule has 0 radical (unpaired) electrons. The molecule has 0 bridgehead atoms. The van der Waals surface area contributed by atoms with Gasteiger partial charge in [-0.3, -0.25) is 4.79 Å². The van der Waals surface area contributed by atoms with Crippen molar-refractivity contribution in [3.8, 4) is 16.3 Å². The van der Waals surface area contributed by atoms with Crippen molar-refractivity contribution < 1.29 is 17.9 Å². The average molecular weight is 465 g/mol. The molecule has 11 heteroatoms. The maximum atomic E-state index is 12.6. The van der Waals surface area contributed by atoms with Gasteiger partial charge in [-0.2, -0.15) is 4.31 Å². The highest BCUT2D eigenvalue weighted by molar-refractivity contribution is 7.91. The van der Waals surface area contributed by atoms with E-state index in [4.69, 9.17) is 4.74 Å². The lowest BCUT2D eigenvalue weighted by Crippen LogP contribution is -2.41. The van der Waals surface area contributed by atoms with Crippen LogP contribution in [0.5, 0.6) is 5.75 Å². The Morgan fingerprint density at radius 2 is 1.90 bits per heavy atom. The van der Waals surface area contributed by atoms with Gasteiger partial charge in [-0.15, -0.1) is 21.5 Å². The number of rotatable bonds is 6. The minimum absolute atomic E-state index is 0.152. The first-order chi connectivity index (χ1) is 14.5. The molecule has 0 atom stereocenters. The number of carbonyl (C=O) groups excluding carboxylic acids is 1. The second kappa shape index (κ2) is 8.80. The Morgan fingerprint density at radius 1 is 1.17 bits per heavy atom. The molecule has 3 aromatic rings. The number of aromatic nitrogens is 2. The normalized spacial score (nSPS) is 15.8. The first-order valence-electron chi connectivity index (χ1n) is 9.30. The number of amides is 1. The van der Waals surface area contributed by atoms with Gasteiger partial charge < -0.3 is 10.1 Å². The molecular weight excluding hydrogens is 444 g/mol. The summed E-state index contributed by atoms with van der Waals surface area (Å²) in [6, 6.07) is 10.8. The predicted molar refractivity (Wildman–Crippen MR) is 116 cm³/mol. The molecule has 0 unspecified atom stereocenters. The van der Waals surface area contributed by atoms with Crippen molar-refractivity contribution in [1.82, 2.24) is 14.5 Å². The van der Waals surface area contributed by atoms with Crippen LogP contribution in [0.15, 0.2) is 46.0 Å². The van der Waals surface area contributed by atoms with Crippen molar-refractivity contribution >= 4 is 43.7 Å². The van der Waals surface area contributed by atoms with E-state index < -0.39 is 10.0 Å². The van der Waals surface area contributed by atoms with Gasteiger partial charge in [0.2, 0.25) is 11.0 Å². The number of hydrogen-bond acceptors (Lipinski definition) is 8. The van der Waals surface area contributed by atoms with E-state index in [2.05, 4.69) is 15.5 Å². The molecule has 1 aliphatic heterocycles. The van der Waals surface area contributed by atoms with Crippen molar-refractivity contribution in [2.75, 3.05) is 25.5 Å². The smallest absolute Gasteiger partial charge is 0.252 e. The molecule has 1 amide bonds. The highest BCUT2D eigenvalue weighted by Crippen LogP contribution is 2.30. The molecule has 1 N–H and O–H groups in total. The summed E-state index contributed by atoms with van der Waals surface area (Å²) in [5.74, 6) is 0.345. The zero-order chi connectivity index (χ0) is 21.1. The van der Waals surface area contributed by atoms with Gasteiger partial charge in [0.15, 0.2) is 0 Å². The van der Waals surface area contributed by atoms with E-state index in [1.54, 1.807) is 24.6 Å². The van der Waals surface area contributed by atoms with Crippen molar-refractivity contribution in [2.24, 2.45) is 5.92 Å². The van der Waals surface area contributed by atoms with Crippen molar-refractivity contribution in [3.05, 3.63) is 41.8 Å². The molecular formula is C19H20N4O4S3. The lowest BCUT2D eigenvalue weighted by atomic mass is 9.97. The van der Waals surface area contributed by atoms with Crippen molar-refractivity contribution in [1.29, 1.82) is 0 Å². The van der Waals surface area contributed by atoms with Gasteiger partial charge in [0.25, 0.3) is 10.0 Å². The Bertz CT molecular complexity index is 1100. The van der Waals surface area contributed by atoms with Crippen LogP contribution in [0.25, 0.3) is 10.6 Å². The van der Waals surface area contributed by atoms with Gasteiger partial charge in [-0.25, -0.2) is 8.42 Å². The standard InChI is InChI=1S/C19H20N4O4S3/c1-27-15-6-4-14(5-7-15)18-21-22-19(29-18)20-17(24)13-8-10-23(11-9-13)30(25,26)16-3-2-12-28-16/h2-7,12-13H,8-11H2,1H3,(H,20,22,24). The van der Waals surface area contributed by atoms with E-state index in [0.717, 1.165) is 11.3 Å². The van der Waals surface area contributed by atoms with Gasteiger partial charge in [0.1, 0.15) is 15.0 Å². The number of nitrogens with zero attached hydrogens (tertiary/aromatic N) is 3. The molecule has 0 aliphatic carbocycles. The highest BCUT2D eigenvalue weighted by Gasteiger charge is 2.32. The van der Waals surface area contributed by atoms with Crippen LogP contribution >= 0.6 is 22.7 Å². The summed E-state index contributed by atoms with van der Waals surface area (Å²) in [7, 11) is -1.86.